The summed E-state index contributed by atoms with van der Waals surface area (Å²) in [6.07, 6.45) is 1.34. The van der Waals surface area contributed by atoms with Crippen LogP contribution in [0.4, 0.5) is 0 Å². The first kappa shape index (κ1) is 5.90. The monoisotopic (exact) mass is 155 g/mol. The SMILES string of the molecule is O=c1[15nH][13c](=O)[15nH]c2nc[nH]c12. The Kier molecular flexibility index (Phi) is 0.974. The lowest BCUT2D eigenvalue weighted by atomic mass is 10.6. The van der Waals surface area contributed by atoms with Crippen molar-refractivity contribution in [2.45, 2.75) is 0 Å². The molecule has 0 atom stereocenters. The normalized spacial score (nSPS) is 10.5. The zero-order chi connectivity index (χ0) is 7.84. The molecular weight excluding hydrogens is 151 g/mol. The number of H-pyrrole nitrogens is 3. The van der Waals surface area contributed by atoms with Crippen LogP contribution in [-0.2, 0) is 0 Å². The van der Waals surface area contributed by atoms with Crippen molar-refractivity contribution in [2.24, 2.45) is 0 Å². The molecule has 0 aliphatic heterocycles. The van der Waals surface area contributed by atoms with Gasteiger partial charge < -0.3 is 4.98 Å². The van der Waals surface area contributed by atoms with Crippen LogP contribution in [0.25, 0.3) is 11.2 Å². The van der Waals surface area contributed by atoms with E-state index in [1.807, 2.05) is 0 Å². The number of rotatable bonds is 0. The molecule has 56 valence electrons. The fourth-order valence-electron chi connectivity index (χ4n) is 0.867. The Hall–Kier alpha value is -1.85. The molecule has 3 N–H and O–H groups in total. The minimum atomic E-state index is -0.547. The Balaban J connectivity index is 3.15. The maximum Gasteiger partial charge on any atom is 0.327 e. The van der Waals surface area contributed by atoms with Crippen molar-refractivity contribution in [3.8, 4) is 0 Å². The van der Waals surface area contributed by atoms with Crippen LogP contribution in [0.15, 0.2) is 15.9 Å². The number of nitrogens with one attached hydrogen (secondary N) is 3. The number of aromatic nitrogens is 4. The van der Waals surface area contributed by atoms with Gasteiger partial charge in [-0.2, -0.15) is 0 Å². The summed E-state index contributed by atoms with van der Waals surface area (Å²) < 4.78 is 0. The summed E-state index contributed by atoms with van der Waals surface area (Å²) in [4.78, 5) is 32.3. The fraction of sp³-hybridized carbons (Fsp3) is 0. The van der Waals surface area contributed by atoms with Crippen LogP contribution in [0.2, 0.25) is 0 Å². The van der Waals surface area contributed by atoms with E-state index in [0.29, 0.717) is 0 Å². The first-order valence-corrected chi connectivity index (χ1v) is 2.93. The Labute approximate surface area is 59.3 Å². The fourth-order valence-corrected chi connectivity index (χ4v) is 0.867. The first-order valence-electron chi connectivity index (χ1n) is 2.93. The van der Waals surface area contributed by atoms with Crippen LogP contribution in [0.3, 0.4) is 0 Å². The van der Waals surface area contributed by atoms with Gasteiger partial charge >= 0.3 is 5.69 Å². The second kappa shape index (κ2) is 1.82. The molecule has 0 saturated heterocycles. The lowest BCUT2D eigenvalue weighted by molar-refractivity contribution is 1.07. The van der Waals surface area contributed by atoms with Gasteiger partial charge in [0.05, 0.1) is 6.33 Å². The van der Waals surface area contributed by atoms with Gasteiger partial charge in [-0.15, -0.1) is 0 Å². The largest absolute Gasteiger partial charge is 0.339 e. The first-order chi connectivity index (χ1) is 5.27. The molecule has 2 aromatic rings. The molecule has 2 rings (SSSR count). The number of fused-ring (bicyclic) bond motifs is 1. The van der Waals surface area contributed by atoms with E-state index in [2.05, 4.69) is 19.9 Å². The molecule has 0 unspecified atom stereocenters. The van der Waals surface area contributed by atoms with Gasteiger partial charge in [0.1, 0.15) is 5.52 Å². The maximum atomic E-state index is 10.9. The molecule has 0 aliphatic carbocycles. The van der Waals surface area contributed by atoms with Gasteiger partial charge in [0.15, 0.2) is 5.65 Å². The quantitative estimate of drug-likeness (QED) is 0.452. The van der Waals surface area contributed by atoms with E-state index in [9.17, 15) is 9.59 Å². The Bertz CT molecular complexity index is 491. The summed E-state index contributed by atoms with van der Waals surface area (Å²) in [6.45, 7) is 0. The molecule has 0 spiro atoms. The predicted molar refractivity (Wildman–Crippen MR) is 37.3 cm³/mol. The molecule has 0 aliphatic rings. The third kappa shape index (κ3) is 0.759. The molecule has 6 heteroatoms. The summed E-state index contributed by atoms with van der Waals surface area (Å²) in [6, 6.07) is 0. The van der Waals surface area contributed by atoms with E-state index < -0.39 is 11.2 Å². The van der Waals surface area contributed by atoms with Gasteiger partial charge in [-0.05, 0) is 0 Å². The Morgan fingerprint density at radius 3 is 2.91 bits per heavy atom. The number of imidazole rings is 1. The van der Waals surface area contributed by atoms with Gasteiger partial charge in [0.2, 0.25) is 0 Å². The van der Waals surface area contributed by atoms with Gasteiger partial charge in [-0.3, -0.25) is 14.8 Å². The highest BCUT2D eigenvalue weighted by molar-refractivity contribution is 5.67. The molecule has 0 amide bonds. The molecule has 2 aromatic heterocycles. The van der Waals surface area contributed by atoms with Crippen molar-refractivity contribution in [1.29, 1.82) is 0 Å². The highest BCUT2D eigenvalue weighted by Gasteiger charge is 1.99. The third-order valence-electron chi connectivity index (χ3n) is 1.33. The minimum Gasteiger partial charge on any atom is -0.339 e. The average molecular weight is 155 g/mol. The number of hydrogen-bond acceptors (Lipinski definition) is 3. The van der Waals surface area contributed by atoms with Gasteiger partial charge in [0, 0.05) is 0 Å². The van der Waals surface area contributed by atoms with E-state index in [1.54, 1.807) is 0 Å². The van der Waals surface area contributed by atoms with Gasteiger partial charge in [-0.25, -0.2) is 9.78 Å². The molecule has 0 aromatic carbocycles. The lowest BCUT2D eigenvalue weighted by Gasteiger charge is -1.83. The van der Waals surface area contributed by atoms with Crippen LogP contribution < -0.4 is 11.2 Å². The number of aromatic amines is 3. The standard InChI is InChI=1S/C5H4N4O2/c10-4-2-3(7-1-6-2)8-5(11)9-4/h1H,(H3,6,7,8,9,10,11)/i5+1,8+1,9+1. The third-order valence-corrected chi connectivity index (χ3v) is 1.33. The summed E-state index contributed by atoms with van der Waals surface area (Å²) >= 11 is 0. The van der Waals surface area contributed by atoms with Crippen molar-refractivity contribution in [1.82, 2.24) is 19.9 Å². The molecule has 0 radical (unpaired) electrons. The van der Waals surface area contributed by atoms with Crippen LogP contribution in [0, 0.1) is 0 Å². The molecule has 6 nitrogen and oxygen atoms in total. The Morgan fingerprint density at radius 2 is 2.09 bits per heavy atom. The van der Waals surface area contributed by atoms with Crippen LogP contribution >= 0.6 is 0 Å². The Morgan fingerprint density at radius 1 is 1.27 bits per heavy atom. The zero-order valence-electron chi connectivity index (χ0n) is 5.34. The molecule has 11 heavy (non-hydrogen) atoms. The molecule has 0 saturated carbocycles. The molecular formula is C5H4N4O2. The van der Waals surface area contributed by atoms with E-state index >= 15 is 0 Å². The van der Waals surface area contributed by atoms with Crippen LogP contribution in [-0.4, -0.2) is 19.9 Å². The van der Waals surface area contributed by atoms with E-state index in [4.69, 9.17) is 0 Å². The van der Waals surface area contributed by atoms with Crippen molar-refractivity contribution >= 4 is 11.2 Å². The highest BCUT2D eigenvalue weighted by Crippen LogP contribution is 1.92. The van der Waals surface area contributed by atoms with Crippen molar-refractivity contribution in [2.75, 3.05) is 0 Å². The van der Waals surface area contributed by atoms with Gasteiger partial charge in [-0.1, -0.05) is 0 Å². The molecule has 0 fully saturated rings. The zero-order valence-corrected chi connectivity index (χ0v) is 5.34. The summed E-state index contributed by atoms with van der Waals surface area (Å²) in [5, 5.41) is 0. The van der Waals surface area contributed by atoms with E-state index in [1.165, 1.54) is 6.33 Å². The summed E-state index contributed by atoms with van der Waals surface area (Å²) in [7, 11) is 0. The second-order valence-electron chi connectivity index (χ2n) is 2.03. The minimum absolute atomic E-state index is 0.277. The second-order valence-corrected chi connectivity index (χ2v) is 2.03. The molecule has 0 bridgehead atoms. The topological polar surface area (TPSA) is 94.4 Å². The molecule has 2 heterocycles. The van der Waals surface area contributed by atoms with Crippen molar-refractivity contribution in [3.05, 3.63) is 27.2 Å². The van der Waals surface area contributed by atoms with Gasteiger partial charge in [0.25, 0.3) is 5.56 Å². The van der Waals surface area contributed by atoms with Crippen LogP contribution in [0.1, 0.15) is 0 Å². The lowest BCUT2D eigenvalue weighted by Crippen LogP contribution is -2.21. The smallest absolute Gasteiger partial charge is 0.327 e. The van der Waals surface area contributed by atoms with Crippen molar-refractivity contribution in [3.63, 3.8) is 0 Å². The number of nitrogens with zero attached hydrogens (tertiary/aromatic N) is 1. The predicted octanol–water partition coefficient (Wildman–Crippen LogP) is -1.06. The van der Waals surface area contributed by atoms with Crippen LogP contribution in [0.5, 0.6) is 0 Å². The highest BCUT2D eigenvalue weighted by atomic mass is 16.3. The van der Waals surface area contributed by atoms with Crippen molar-refractivity contribution < 1.29 is 0 Å². The summed E-state index contributed by atoms with van der Waals surface area (Å²) in [5.74, 6) is 0. The average Bonchev–Trinajstić information content (AvgIpc) is 2.34. The maximum absolute atomic E-state index is 10.9. The van der Waals surface area contributed by atoms with E-state index in [0.717, 1.165) is 0 Å². The summed E-state index contributed by atoms with van der Waals surface area (Å²) in [5.41, 5.74) is -0.445. The number of hydrogen-bond donors (Lipinski definition) is 3. The van der Waals surface area contributed by atoms with E-state index in [-0.39, 0.29) is 11.2 Å².